The number of rotatable bonds is 4. The highest BCUT2D eigenvalue weighted by molar-refractivity contribution is 5.27. The molecule has 4 heteroatoms. The number of hydrogen-bond acceptors (Lipinski definition) is 4. The van der Waals surface area contributed by atoms with E-state index >= 15 is 0 Å². The quantitative estimate of drug-likeness (QED) is 0.814. The van der Waals surface area contributed by atoms with Crippen molar-refractivity contribution in [3.05, 3.63) is 12.0 Å². The molecule has 1 aliphatic rings. The predicted octanol–water partition coefficient (Wildman–Crippen LogP) is 1.43. The molecule has 1 saturated heterocycles. The van der Waals surface area contributed by atoms with E-state index in [2.05, 4.69) is 15.2 Å². The number of piperidine rings is 1. The van der Waals surface area contributed by atoms with Crippen molar-refractivity contribution in [1.82, 2.24) is 10.3 Å². The van der Waals surface area contributed by atoms with Gasteiger partial charge in [-0.1, -0.05) is 0 Å². The van der Waals surface area contributed by atoms with Gasteiger partial charge in [0.25, 0.3) is 6.01 Å². The zero-order chi connectivity index (χ0) is 10.5. The van der Waals surface area contributed by atoms with Gasteiger partial charge >= 0.3 is 0 Å². The Labute approximate surface area is 90.7 Å². The van der Waals surface area contributed by atoms with Crippen LogP contribution < -0.4 is 10.2 Å². The monoisotopic (exact) mass is 209 g/mol. The highest BCUT2D eigenvalue weighted by Crippen LogP contribution is 2.18. The first-order valence-electron chi connectivity index (χ1n) is 5.74. The first-order valence-corrected chi connectivity index (χ1v) is 5.74. The Morgan fingerprint density at radius 1 is 1.40 bits per heavy atom. The minimum atomic E-state index is 0.806. The average Bonchev–Trinajstić information content (AvgIpc) is 2.76. The van der Waals surface area contributed by atoms with Gasteiger partial charge in [-0.25, -0.2) is 0 Å². The van der Waals surface area contributed by atoms with Crippen LogP contribution in [0.15, 0.2) is 10.7 Å². The number of nitrogens with zero attached hydrogens (tertiary/aromatic N) is 2. The van der Waals surface area contributed by atoms with Crippen LogP contribution in [0.25, 0.3) is 0 Å². The highest BCUT2D eigenvalue weighted by atomic mass is 16.4. The summed E-state index contributed by atoms with van der Waals surface area (Å²) >= 11 is 0. The molecule has 1 N–H and O–H groups in total. The Hall–Kier alpha value is -1.03. The van der Waals surface area contributed by atoms with Gasteiger partial charge in [0.15, 0.2) is 0 Å². The molecular weight excluding hydrogens is 190 g/mol. The molecular formula is C11H19N3O. The molecule has 1 aromatic rings. The minimum absolute atomic E-state index is 0.806. The van der Waals surface area contributed by atoms with Crippen LogP contribution in [-0.2, 0) is 6.42 Å². The standard InChI is InChI=1S/C11H19N3O/c1-12-6-5-10-9-15-11(13-10)14-7-3-2-4-8-14/h9,12H,2-8H2,1H3. The fraction of sp³-hybridized carbons (Fsp3) is 0.727. The molecule has 2 heterocycles. The van der Waals surface area contributed by atoms with E-state index in [1.807, 2.05) is 7.05 Å². The second-order valence-corrected chi connectivity index (χ2v) is 4.02. The summed E-state index contributed by atoms with van der Waals surface area (Å²) in [6, 6.07) is 0.806. The van der Waals surface area contributed by atoms with Crippen molar-refractivity contribution in [1.29, 1.82) is 0 Å². The van der Waals surface area contributed by atoms with E-state index in [1.165, 1.54) is 19.3 Å². The normalized spacial score (nSPS) is 17.0. The third kappa shape index (κ3) is 2.72. The van der Waals surface area contributed by atoms with Crippen molar-refractivity contribution in [2.45, 2.75) is 25.7 Å². The Morgan fingerprint density at radius 3 is 2.93 bits per heavy atom. The number of nitrogens with one attached hydrogen (secondary N) is 1. The second-order valence-electron chi connectivity index (χ2n) is 4.02. The van der Waals surface area contributed by atoms with Gasteiger partial charge in [-0.15, -0.1) is 0 Å². The fourth-order valence-electron chi connectivity index (χ4n) is 1.89. The van der Waals surface area contributed by atoms with Crippen molar-refractivity contribution in [3.8, 4) is 0 Å². The van der Waals surface area contributed by atoms with Gasteiger partial charge in [-0.05, 0) is 26.3 Å². The highest BCUT2D eigenvalue weighted by Gasteiger charge is 2.15. The molecule has 0 atom stereocenters. The van der Waals surface area contributed by atoms with Crippen molar-refractivity contribution in [2.75, 3.05) is 31.6 Å². The predicted molar refractivity (Wildman–Crippen MR) is 60.2 cm³/mol. The molecule has 0 radical (unpaired) electrons. The summed E-state index contributed by atoms with van der Waals surface area (Å²) in [6.45, 7) is 3.13. The summed E-state index contributed by atoms with van der Waals surface area (Å²) in [6.07, 6.45) is 6.57. The molecule has 1 aliphatic heterocycles. The Kier molecular flexibility index (Phi) is 3.61. The zero-order valence-electron chi connectivity index (χ0n) is 9.33. The largest absolute Gasteiger partial charge is 0.432 e. The van der Waals surface area contributed by atoms with Gasteiger partial charge in [0.05, 0.1) is 5.69 Å². The average molecular weight is 209 g/mol. The maximum absolute atomic E-state index is 5.49. The van der Waals surface area contributed by atoms with Crippen LogP contribution in [0.3, 0.4) is 0 Å². The third-order valence-corrected chi connectivity index (χ3v) is 2.80. The zero-order valence-corrected chi connectivity index (χ0v) is 9.33. The lowest BCUT2D eigenvalue weighted by Gasteiger charge is -2.24. The lowest BCUT2D eigenvalue weighted by Crippen LogP contribution is -2.29. The van der Waals surface area contributed by atoms with Gasteiger partial charge in [0, 0.05) is 26.1 Å². The number of anilines is 1. The molecule has 1 aromatic heterocycles. The van der Waals surface area contributed by atoms with Gasteiger partial charge in [0.2, 0.25) is 0 Å². The molecule has 0 aromatic carbocycles. The summed E-state index contributed by atoms with van der Waals surface area (Å²) in [7, 11) is 1.95. The third-order valence-electron chi connectivity index (χ3n) is 2.80. The first-order chi connectivity index (χ1) is 7.40. The minimum Gasteiger partial charge on any atom is -0.432 e. The molecule has 0 saturated carbocycles. The number of likely N-dealkylation sites (N-methyl/N-ethyl adjacent to an activating group) is 1. The van der Waals surface area contributed by atoms with Gasteiger partial charge < -0.3 is 14.6 Å². The lowest BCUT2D eigenvalue weighted by atomic mass is 10.1. The molecule has 4 nitrogen and oxygen atoms in total. The second kappa shape index (κ2) is 5.16. The van der Waals surface area contributed by atoms with Gasteiger partial charge in [0.1, 0.15) is 6.26 Å². The van der Waals surface area contributed by atoms with E-state index in [4.69, 9.17) is 4.42 Å². The molecule has 0 bridgehead atoms. The van der Waals surface area contributed by atoms with Crippen LogP contribution in [0.1, 0.15) is 25.0 Å². The molecule has 2 rings (SSSR count). The Bertz CT molecular complexity index is 292. The summed E-state index contributed by atoms with van der Waals surface area (Å²) in [4.78, 5) is 6.73. The number of oxazole rings is 1. The smallest absolute Gasteiger partial charge is 0.297 e. The van der Waals surface area contributed by atoms with Crippen molar-refractivity contribution in [3.63, 3.8) is 0 Å². The van der Waals surface area contributed by atoms with Crippen molar-refractivity contribution in [2.24, 2.45) is 0 Å². The topological polar surface area (TPSA) is 41.3 Å². The maximum atomic E-state index is 5.49. The van der Waals surface area contributed by atoms with Crippen molar-refractivity contribution >= 4 is 6.01 Å². The van der Waals surface area contributed by atoms with Crippen LogP contribution in [0.4, 0.5) is 6.01 Å². The van der Waals surface area contributed by atoms with E-state index < -0.39 is 0 Å². The number of hydrogen-bond donors (Lipinski definition) is 1. The molecule has 0 aliphatic carbocycles. The van der Waals surface area contributed by atoms with Crippen LogP contribution in [-0.4, -0.2) is 31.7 Å². The fourth-order valence-corrected chi connectivity index (χ4v) is 1.89. The summed E-state index contributed by atoms with van der Waals surface area (Å²) in [5, 5.41) is 3.11. The summed E-state index contributed by atoms with van der Waals surface area (Å²) in [5.41, 5.74) is 1.05. The Morgan fingerprint density at radius 2 is 2.20 bits per heavy atom. The lowest BCUT2D eigenvalue weighted by molar-refractivity contribution is 0.491. The van der Waals surface area contributed by atoms with Crippen LogP contribution in [0.2, 0.25) is 0 Å². The first kappa shape index (κ1) is 10.5. The Balaban J connectivity index is 1.93. The van der Waals surface area contributed by atoms with Crippen LogP contribution >= 0.6 is 0 Å². The molecule has 0 spiro atoms. The molecule has 84 valence electrons. The van der Waals surface area contributed by atoms with Gasteiger partial charge in [-0.2, -0.15) is 4.98 Å². The van der Waals surface area contributed by atoms with Crippen LogP contribution in [0.5, 0.6) is 0 Å². The molecule has 1 fully saturated rings. The molecule has 15 heavy (non-hydrogen) atoms. The van der Waals surface area contributed by atoms with E-state index in [0.717, 1.165) is 37.8 Å². The summed E-state index contributed by atoms with van der Waals surface area (Å²) < 4.78 is 5.49. The van der Waals surface area contributed by atoms with E-state index in [1.54, 1.807) is 6.26 Å². The van der Waals surface area contributed by atoms with E-state index in [-0.39, 0.29) is 0 Å². The maximum Gasteiger partial charge on any atom is 0.297 e. The summed E-state index contributed by atoms with van der Waals surface area (Å²) in [5.74, 6) is 0. The molecule has 0 unspecified atom stereocenters. The van der Waals surface area contributed by atoms with E-state index in [9.17, 15) is 0 Å². The SMILES string of the molecule is CNCCc1coc(N2CCCCC2)n1. The van der Waals surface area contributed by atoms with Crippen molar-refractivity contribution < 1.29 is 4.42 Å². The van der Waals surface area contributed by atoms with Crippen LogP contribution in [0, 0.1) is 0 Å². The number of aromatic nitrogens is 1. The van der Waals surface area contributed by atoms with E-state index in [0.29, 0.717) is 0 Å². The van der Waals surface area contributed by atoms with Gasteiger partial charge in [-0.3, -0.25) is 0 Å². The molecule has 0 amide bonds.